The maximum Gasteiger partial charge on any atom is 0.311 e. The van der Waals surface area contributed by atoms with E-state index in [9.17, 15) is 18.3 Å². The van der Waals surface area contributed by atoms with Crippen LogP contribution in [-0.4, -0.2) is 31.8 Å². The van der Waals surface area contributed by atoms with Gasteiger partial charge in [-0.25, -0.2) is 0 Å². The van der Waals surface area contributed by atoms with E-state index in [4.69, 9.17) is 14.7 Å². The van der Waals surface area contributed by atoms with Crippen molar-refractivity contribution in [1.82, 2.24) is 0 Å². The van der Waals surface area contributed by atoms with Crippen LogP contribution in [0.25, 0.3) is 0 Å². The minimum absolute atomic E-state index is 0.00170. The van der Waals surface area contributed by atoms with Crippen molar-refractivity contribution in [3.63, 3.8) is 0 Å². The average molecular weight is 387 g/mol. The maximum atomic E-state index is 11.8. The Morgan fingerprint density at radius 2 is 1.85 bits per heavy atom. The van der Waals surface area contributed by atoms with Crippen LogP contribution in [0.1, 0.15) is 52.7 Å². The summed E-state index contributed by atoms with van der Waals surface area (Å²) in [6.45, 7) is 9.34. The van der Waals surface area contributed by atoms with Gasteiger partial charge in [0.05, 0.1) is 6.26 Å². The quantitative estimate of drug-likeness (QED) is 0.420. The third kappa shape index (κ3) is 6.93. The van der Waals surface area contributed by atoms with Crippen molar-refractivity contribution in [2.75, 3.05) is 6.26 Å². The summed E-state index contributed by atoms with van der Waals surface area (Å²) in [6.07, 6.45) is 0.170. The first-order valence-electron chi connectivity index (χ1n) is 8.38. The highest BCUT2D eigenvalue weighted by Crippen LogP contribution is 2.36. The van der Waals surface area contributed by atoms with Gasteiger partial charge in [-0.3, -0.25) is 8.98 Å². The number of carbonyl (C=O) groups excluding carboxylic acids is 1. The number of nitrogens with two attached hydrogens (primary N) is 1. The van der Waals surface area contributed by atoms with Gasteiger partial charge >= 0.3 is 5.97 Å². The minimum Gasteiger partial charge on any atom is -0.504 e. The van der Waals surface area contributed by atoms with E-state index in [0.717, 1.165) is 6.26 Å². The molecule has 0 saturated carbocycles. The molecule has 0 radical (unpaired) electrons. The standard InChI is InChI=1S/C18H29NO6S/c1-11(2)9-15(21)24-14-8-7-12(10-13(14)20)16(25-26(6,22)23)17(19)18(3,4)5/h7-8,10-11,16-17,20H,9,19H2,1-6H3. The van der Waals surface area contributed by atoms with E-state index in [-0.39, 0.29) is 23.8 Å². The van der Waals surface area contributed by atoms with Gasteiger partial charge < -0.3 is 15.6 Å². The van der Waals surface area contributed by atoms with Crippen molar-refractivity contribution in [1.29, 1.82) is 0 Å². The number of hydrogen-bond acceptors (Lipinski definition) is 7. The number of rotatable bonds is 7. The second-order valence-corrected chi connectivity index (χ2v) is 9.51. The molecule has 0 saturated heterocycles. The molecule has 0 fully saturated rings. The molecule has 8 heteroatoms. The van der Waals surface area contributed by atoms with E-state index in [1.165, 1.54) is 18.2 Å². The molecule has 26 heavy (non-hydrogen) atoms. The summed E-state index contributed by atoms with van der Waals surface area (Å²) in [4.78, 5) is 11.8. The Hall–Kier alpha value is -1.64. The Bertz CT molecular complexity index is 737. The summed E-state index contributed by atoms with van der Waals surface area (Å²) < 4.78 is 33.6. The van der Waals surface area contributed by atoms with Gasteiger partial charge in [0.1, 0.15) is 6.10 Å². The Balaban J connectivity index is 3.16. The van der Waals surface area contributed by atoms with E-state index in [1.54, 1.807) is 0 Å². The lowest BCUT2D eigenvalue weighted by molar-refractivity contribution is -0.135. The largest absolute Gasteiger partial charge is 0.504 e. The number of phenols is 1. The van der Waals surface area contributed by atoms with Crippen molar-refractivity contribution in [3.8, 4) is 11.5 Å². The van der Waals surface area contributed by atoms with Crippen LogP contribution < -0.4 is 10.5 Å². The van der Waals surface area contributed by atoms with Crippen molar-refractivity contribution < 1.29 is 27.2 Å². The van der Waals surface area contributed by atoms with Crippen molar-refractivity contribution >= 4 is 16.1 Å². The minimum atomic E-state index is -3.78. The van der Waals surface area contributed by atoms with E-state index >= 15 is 0 Å². The molecular formula is C18H29NO6S. The highest BCUT2D eigenvalue weighted by molar-refractivity contribution is 7.86. The predicted molar refractivity (Wildman–Crippen MR) is 99.3 cm³/mol. The smallest absolute Gasteiger partial charge is 0.311 e. The lowest BCUT2D eigenvalue weighted by atomic mass is 9.82. The van der Waals surface area contributed by atoms with E-state index in [1.807, 2.05) is 34.6 Å². The Labute approximate surface area is 155 Å². The SMILES string of the molecule is CC(C)CC(=O)Oc1ccc(C(OS(C)(=O)=O)C(N)C(C)(C)C)cc1O. The van der Waals surface area contributed by atoms with Crippen LogP contribution in [0.5, 0.6) is 11.5 Å². The second-order valence-electron chi connectivity index (χ2n) is 7.91. The predicted octanol–water partition coefficient (Wildman–Crippen LogP) is 2.73. The third-order valence-electron chi connectivity index (χ3n) is 3.71. The monoisotopic (exact) mass is 387 g/mol. The molecule has 2 unspecified atom stereocenters. The zero-order valence-electron chi connectivity index (χ0n) is 16.1. The number of carbonyl (C=O) groups is 1. The van der Waals surface area contributed by atoms with Crippen molar-refractivity contribution in [2.45, 2.75) is 53.2 Å². The summed E-state index contributed by atoms with van der Waals surface area (Å²) in [6, 6.07) is 3.57. The average Bonchev–Trinajstić information content (AvgIpc) is 2.43. The van der Waals surface area contributed by atoms with E-state index < -0.39 is 33.6 Å². The van der Waals surface area contributed by atoms with Gasteiger partial charge in [-0.15, -0.1) is 0 Å². The van der Waals surface area contributed by atoms with E-state index in [0.29, 0.717) is 5.56 Å². The highest BCUT2D eigenvalue weighted by Gasteiger charge is 2.34. The van der Waals surface area contributed by atoms with Crippen LogP contribution in [0.2, 0.25) is 0 Å². The molecule has 0 bridgehead atoms. The summed E-state index contributed by atoms with van der Waals surface area (Å²) in [7, 11) is -3.78. The number of aromatic hydroxyl groups is 1. The highest BCUT2D eigenvalue weighted by atomic mass is 32.2. The molecule has 0 aliphatic heterocycles. The fourth-order valence-corrected chi connectivity index (χ4v) is 2.87. The Kier molecular flexibility index (Phi) is 7.21. The van der Waals surface area contributed by atoms with Gasteiger partial charge in [0, 0.05) is 12.5 Å². The van der Waals surface area contributed by atoms with Crippen LogP contribution in [0, 0.1) is 11.3 Å². The maximum absolute atomic E-state index is 11.8. The van der Waals surface area contributed by atoms with Crippen LogP contribution in [0.15, 0.2) is 18.2 Å². The van der Waals surface area contributed by atoms with Gasteiger partial charge in [-0.1, -0.05) is 40.7 Å². The van der Waals surface area contributed by atoms with Gasteiger partial charge in [-0.05, 0) is 29.0 Å². The summed E-state index contributed by atoms with van der Waals surface area (Å²) in [5.41, 5.74) is 6.12. The first kappa shape index (κ1) is 22.4. The summed E-state index contributed by atoms with van der Waals surface area (Å²) in [5, 5.41) is 10.2. The van der Waals surface area contributed by atoms with Crippen LogP contribution in [0.4, 0.5) is 0 Å². The van der Waals surface area contributed by atoms with Crippen LogP contribution in [0.3, 0.4) is 0 Å². The number of ether oxygens (including phenoxy) is 1. The first-order chi connectivity index (χ1) is 11.7. The van der Waals surface area contributed by atoms with Crippen LogP contribution in [-0.2, 0) is 19.1 Å². The number of esters is 1. The molecule has 1 aromatic rings. The molecule has 1 aromatic carbocycles. The lowest BCUT2D eigenvalue weighted by Crippen LogP contribution is -2.42. The molecule has 7 nitrogen and oxygen atoms in total. The Morgan fingerprint density at radius 1 is 1.27 bits per heavy atom. The molecule has 0 heterocycles. The molecule has 148 valence electrons. The second kappa shape index (κ2) is 8.37. The normalized spacial score (nSPS) is 14.9. The number of hydrogen-bond donors (Lipinski definition) is 2. The molecule has 0 aliphatic rings. The molecule has 2 atom stereocenters. The third-order valence-corrected chi connectivity index (χ3v) is 4.27. The van der Waals surface area contributed by atoms with Crippen molar-refractivity contribution in [3.05, 3.63) is 23.8 Å². The number of benzene rings is 1. The van der Waals surface area contributed by atoms with Gasteiger partial charge in [0.2, 0.25) is 0 Å². The molecule has 0 aromatic heterocycles. The lowest BCUT2D eigenvalue weighted by Gasteiger charge is -2.33. The zero-order valence-corrected chi connectivity index (χ0v) is 17.0. The van der Waals surface area contributed by atoms with Gasteiger partial charge in [-0.2, -0.15) is 8.42 Å². The van der Waals surface area contributed by atoms with E-state index in [2.05, 4.69) is 0 Å². The van der Waals surface area contributed by atoms with Crippen LogP contribution >= 0.6 is 0 Å². The topological polar surface area (TPSA) is 116 Å². The Morgan fingerprint density at radius 3 is 2.27 bits per heavy atom. The first-order valence-corrected chi connectivity index (χ1v) is 10.2. The summed E-state index contributed by atoms with van der Waals surface area (Å²) in [5.74, 6) is -0.621. The van der Waals surface area contributed by atoms with Gasteiger partial charge in [0.15, 0.2) is 11.5 Å². The molecular weight excluding hydrogens is 358 g/mol. The molecule has 1 rings (SSSR count). The molecule has 0 aliphatic carbocycles. The molecule has 0 spiro atoms. The molecule has 0 amide bonds. The zero-order chi connectivity index (χ0) is 20.3. The summed E-state index contributed by atoms with van der Waals surface area (Å²) >= 11 is 0. The fraction of sp³-hybridized carbons (Fsp3) is 0.611. The van der Waals surface area contributed by atoms with Crippen molar-refractivity contribution in [2.24, 2.45) is 17.1 Å². The number of phenolic OH excluding ortho intramolecular Hbond substituents is 1. The fourth-order valence-electron chi connectivity index (χ4n) is 2.26. The van der Waals surface area contributed by atoms with Gasteiger partial charge in [0.25, 0.3) is 10.1 Å². The molecule has 3 N–H and O–H groups in total.